The summed E-state index contributed by atoms with van der Waals surface area (Å²) < 4.78 is 98.3. The Kier molecular flexibility index (Phi) is 31.9. The molecule has 4 N–H and O–H groups in total. The van der Waals surface area contributed by atoms with Gasteiger partial charge in [-0.1, -0.05) is 170 Å². The summed E-state index contributed by atoms with van der Waals surface area (Å²) in [5.41, 5.74) is 7.49. The van der Waals surface area contributed by atoms with Crippen LogP contribution >= 0.6 is 0 Å². The lowest BCUT2D eigenvalue weighted by Gasteiger charge is -2.24. The van der Waals surface area contributed by atoms with E-state index in [1.807, 2.05) is 109 Å². The molecule has 4 aliphatic rings. The Labute approximate surface area is 775 Å². The van der Waals surface area contributed by atoms with E-state index in [-0.39, 0.29) is 98.8 Å². The van der Waals surface area contributed by atoms with E-state index in [2.05, 4.69) is 0 Å². The first-order valence-corrected chi connectivity index (χ1v) is 43.9. The minimum absolute atomic E-state index is 0.0122. The molecule has 680 valence electrons. The highest BCUT2D eigenvalue weighted by Gasteiger charge is 2.38. The molecule has 4 fully saturated rings. The van der Waals surface area contributed by atoms with Crippen molar-refractivity contribution in [2.45, 2.75) is 153 Å². The number of nitrogens with zero attached hydrogens (tertiary/aromatic N) is 4. The van der Waals surface area contributed by atoms with E-state index in [0.717, 1.165) is 70.6 Å². The number of carboxylic acids is 4. The summed E-state index contributed by atoms with van der Waals surface area (Å²) in [7, 11) is 0. The summed E-state index contributed by atoms with van der Waals surface area (Å²) in [6.07, 6.45) is 27.5. The number of hydrogen-bond acceptors (Lipinski definition) is 16. The molecule has 4 aliphatic carbocycles. The summed E-state index contributed by atoms with van der Waals surface area (Å²) in [5, 5.41) is 34.8. The first-order valence-electron chi connectivity index (χ1n) is 46.9. The first kappa shape index (κ1) is 86.2. The second kappa shape index (κ2) is 48.8. The molecule has 4 heterocycles. The second-order valence-electron chi connectivity index (χ2n) is 31.2. The van der Waals surface area contributed by atoms with Crippen molar-refractivity contribution in [1.82, 2.24) is 19.6 Å². The van der Waals surface area contributed by atoms with Crippen molar-refractivity contribution in [2.75, 3.05) is 26.4 Å². The number of para-hydroxylation sites is 4. The van der Waals surface area contributed by atoms with Crippen molar-refractivity contribution in [3.63, 3.8) is 0 Å². The van der Waals surface area contributed by atoms with E-state index < -0.39 is 48.9 Å². The highest BCUT2D eigenvalue weighted by molar-refractivity contribution is 5.97. The smallest absolute Gasteiger partial charge is 0.307 e. The Balaban J connectivity index is 0.000000155. The highest BCUT2D eigenvalue weighted by atomic mass is 16.5. The van der Waals surface area contributed by atoms with Crippen molar-refractivity contribution >= 4 is 47.5 Å². The van der Waals surface area contributed by atoms with Gasteiger partial charge >= 0.3 is 23.9 Å². The van der Waals surface area contributed by atoms with E-state index in [1.165, 1.54) is 9.80 Å². The van der Waals surface area contributed by atoms with Gasteiger partial charge in [-0.15, -0.1) is 0 Å². The number of hydrogen-bond donors (Lipinski definition) is 4. The number of amides is 4. The lowest BCUT2D eigenvalue weighted by atomic mass is 10.1. The van der Waals surface area contributed by atoms with E-state index >= 15 is 0 Å². The van der Waals surface area contributed by atoms with E-state index in [0.29, 0.717) is 121 Å². The molecule has 4 aromatic heterocycles. The molecule has 4 saturated carbocycles. The summed E-state index contributed by atoms with van der Waals surface area (Å²) in [6.45, 7) is -2.54. The van der Waals surface area contributed by atoms with Crippen LogP contribution in [-0.2, 0) is 45.3 Å². The van der Waals surface area contributed by atoms with E-state index in [9.17, 15) is 38.4 Å². The molecule has 0 unspecified atom stereocenters. The van der Waals surface area contributed by atoms with Crippen LogP contribution in [0.1, 0.15) is 175 Å². The first-order chi connectivity index (χ1) is 66.7. The quantitative estimate of drug-likeness (QED) is 0.0204. The average Bonchev–Trinajstić information content (AvgIpc) is 1.63. The zero-order chi connectivity index (χ0) is 97.6. The van der Waals surface area contributed by atoms with Gasteiger partial charge in [-0.3, -0.25) is 38.4 Å². The van der Waals surface area contributed by atoms with Crippen LogP contribution in [0.4, 0.5) is 0 Å². The number of carbonyl (C=O) groups is 8. The maximum Gasteiger partial charge on any atom is 0.307 e. The molecular formula is C108H108N4O20. The van der Waals surface area contributed by atoms with Gasteiger partial charge in [0.25, 0.3) is 23.6 Å². The molecule has 0 spiro atoms. The fourth-order valence-corrected chi connectivity index (χ4v) is 13.7. The molecule has 0 atom stereocenters. The van der Waals surface area contributed by atoms with Gasteiger partial charge in [0, 0.05) is 130 Å². The molecule has 24 heteroatoms. The summed E-state index contributed by atoms with van der Waals surface area (Å²) >= 11 is 0. The lowest BCUT2D eigenvalue weighted by Crippen LogP contribution is -2.32. The predicted octanol–water partition coefficient (Wildman–Crippen LogP) is 22.2. The summed E-state index contributed by atoms with van der Waals surface area (Å²) in [4.78, 5) is 102. The Bertz CT molecular complexity index is 6170. The Hall–Kier alpha value is -15.2. The van der Waals surface area contributed by atoms with Crippen molar-refractivity contribution in [1.29, 1.82) is 0 Å². The summed E-state index contributed by atoms with van der Waals surface area (Å²) in [6, 6.07) is 69.4. The van der Waals surface area contributed by atoms with Crippen LogP contribution in [0, 0.1) is 0 Å². The third-order valence-corrected chi connectivity index (χ3v) is 21.1. The molecule has 0 bridgehead atoms. The molecular weight excluding hydrogens is 1670 g/mol. The zero-order valence-corrected chi connectivity index (χ0v) is 72.8. The minimum Gasteiger partial charge on any atom is -0.493 e. The van der Waals surface area contributed by atoms with Crippen molar-refractivity contribution < 1.29 is 104 Å². The fraction of sp³-hybridized carbons (Fsp3) is 0.259. The van der Waals surface area contributed by atoms with Gasteiger partial charge in [-0.2, -0.15) is 0 Å². The van der Waals surface area contributed by atoms with E-state index in [1.54, 1.807) is 217 Å². The standard InChI is InChI=1S/4C27H27NO5/c4*29-26(30)10-2-1-5-17-32-25-8-4-3-7-22(25)19-28(23-15-16-23)27(31)21-13-11-20(12-14-21)24-9-6-18-33-24/h2*1,3-9,11-14,18,23H,2,10,15-17,19H2,(H,29,30);2*1-4,6-9,11-14,18,23H,5,10,15-17,19H2,(H,29,30)/b2*5-1-;2*2-1-/i23D;19D2;23D;19D2. The van der Waals surface area contributed by atoms with Gasteiger partial charge in [0.05, 0.1) is 59.3 Å². The Morgan fingerprint density at radius 3 is 0.879 bits per heavy atom. The largest absolute Gasteiger partial charge is 0.493 e. The number of carboxylic acid groups (broad SMARTS) is 4. The van der Waals surface area contributed by atoms with Gasteiger partial charge in [0.2, 0.25) is 0 Å². The molecule has 24 nitrogen and oxygen atoms in total. The van der Waals surface area contributed by atoms with Crippen molar-refractivity contribution in [2.24, 2.45) is 0 Å². The second-order valence-corrected chi connectivity index (χ2v) is 31.2. The van der Waals surface area contributed by atoms with Crippen LogP contribution in [-0.4, -0.2) is 138 Å². The zero-order valence-electron chi connectivity index (χ0n) is 78.8. The minimum atomic E-state index is -2.10. The molecule has 132 heavy (non-hydrogen) atoms. The van der Waals surface area contributed by atoms with Crippen LogP contribution in [0.15, 0.2) is 334 Å². The number of rotatable bonds is 44. The Morgan fingerprint density at radius 2 is 0.591 bits per heavy atom. The van der Waals surface area contributed by atoms with Crippen molar-refractivity contribution in [3.05, 3.63) is 361 Å². The fourth-order valence-electron chi connectivity index (χ4n) is 13.7. The van der Waals surface area contributed by atoms with Crippen LogP contribution in [0.5, 0.6) is 23.0 Å². The predicted molar refractivity (Wildman–Crippen MR) is 500 cm³/mol. The van der Waals surface area contributed by atoms with Gasteiger partial charge in [0.15, 0.2) is 0 Å². The average molecular weight is 1790 g/mol. The monoisotopic (exact) mass is 1790 g/mol. The number of benzene rings is 8. The van der Waals surface area contributed by atoms with Crippen LogP contribution < -0.4 is 18.9 Å². The maximum atomic E-state index is 13.5. The molecule has 0 saturated heterocycles. The molecule has 8 aromatic carbocycles. The van der Waals surface area contributed by atoms with Crippen LogP contribution in [0.3, 0.4) is 0 Å². The number of aliphatic carboxylic acids is 4. The normalized spacial score (nSPS) is 14.6. The Morgan fingerprint density at radius 1 is 0.311 bits per heavy atom. The number of allylic oxidation sites excluding steroid dienone is 2. The van der Waals surface area contributed by atoms with Gasteiger partial charge in [-0.25, -0.2) is 0 Å². The highest BCUT2D eigenvalue weighted by Crippen LogP contribution is 2.38. The topological polar surface area (TPSA) is 320 Å². The lowest BCUT2D eigenvalue weighted by molar-refractivity contribution is -0.137. The molecule has 4 amide bonds. The van der Waals surface area contributed by atoms with Crippen molar-refractivity contribution in [3.8, 4) is 68.3 Å². The molecule has 0 radical (unpaired) electrons. The third-order valence-electron chi connectivity index (χ3n) is 21.1. The number of carbonyl (C=O) groups excluding carboxylic acids is 4. The SMILES string of the molecule is [2H]C([2H])(c1ccccc1OC/C=C\CCC(=O)O)N(C(=O)c1ccc(-c2ccco2)cc1)C1CC1.[2H]C([2H])(c1ccccc1OCC/C=C\CC(=O)O)N(C(=O)c1ccc(-c2ccco2)cc1)C1CC1.[2H]C1(N(Cc2ccccc2OC/C=C\CCC(=O)O)C(=O)c2ccc(-c3ccco3)cc2)CC1.[2H]C1(N(Cc2ccccc2OCC/C=C\CC(=O)O)C(=O)c2ccc(-c3ccco3)cc2)CC1. The van der Waals surface area contributed by atoms with E-state index in [4.69, 9.17) is 65.3 Å². The van der Waals surface area contributed by atoms with Crippen LogP contribution in [0.2, 0.25) is 0 Å². The number of ether oxygens (including phenoxy) is 4. The molecule has 0 aliphatic heterocycles. The summed E-state index contributed by atoms with van der Waals surface area (Å²) in [5.74, 6) is 0.241. The van der Waals surface area contributed by atoms with Gasteiger partial charge in [0.1, 0.15) is 59.3 Å². The van der Waals surface area contributed by atoms with Gasteiger partial charge < -0.3 is 76.6 Å². The number of furan rings is 4. The van der Waals surface area contributed by atoms with Crippen LogP contribution in [0.25, 0.3) is 45.3 Å². The maximum absolute atomic E-state index is 13.5. The third kappa shape index (κ3) is 29.4. The molecule has 12 aromatic rings. The molecule has 16 rings (SSSR count). The van der Waals surface area contributed by atoms with Gasteiger partial charge in [-0.05, 0) is 198 Å².